The first-order valence-electron chi connectivity index (χ1n) is 6.55. The van der Waals surface area contributed by atoms with Gasteiger partial charge in [0.25, 0.3) is 0 Å². The first kappa shape index (κ1) is 12.4. The fraction of sp³-hybridized carbons (Fsp3) is 0.600. The SMILES string of the molecule is CCCOc1ccc(C2(C)CCC(O)C2)cc1. The Kier molecular flexibility index (Phi) is 3.72. The number of ether oxygens (including phenoxy) is 1. The molecule has 17 heavy (non-hydrogen) atoms. The van der Waals surface area contributed by atoms with Crippen molar-refractivity contribution < 1.29 is 9.84 Å². The molecule has 0 spiro atoms. The van der Waals surface area contributed by atoms with Gasteiger partial charge < -0.3 is 9.84 Å². The van der Waals surface area contributed by atoms with Gasteiger partial charge in [-0.2, -0.15) is 0 Å². The minimum atomic E-state index is -0.129. The molecule has 2 heteroatoms. The van der Waals surface area contributed by atoms with E-state index in [0.29, 0.717) is 0 Å². The van der Waals surface area contributed by atoms with Crippen LogP contribution in [0.25, 0.3) is 0 Å². The van der Waals surface area contributed by atoms with Crippen molar-refractivity contribution in [3.63, 3.8) is 0 Å². The third-order valence-electron chi connectivity index (χ3n) is 3.74. The molecule has 0 aliphatic heterocycles. The van der Waals surface area contributed by atoms with E-state index in [4.69, 9.17) is 4.74 Å². The zero-order valence-electron chi connectivity index (χ0n) is 10.8. The summed E-state index contributed by atoms with van der Waals surface area (Å²) in [6.45, 7) is 5.12. The zero-order chi connectivity index (χ0) is 12.3. The summed E-state index contributed by atoms with van der Waals surface area (Å²) in [7, 11) is 0. The molecule has 1 aliphatic rings. The van der Waals surface area contributed by atoms with E-state index in [1.165, 1.54) is 5.56 Å². The molecule has 2 atom stereocenters. The molecule has 2 unspecified atom stereocenters. The van der Waals surface area contributed by atoms with Gasteiger partial charge in [-0.15, -0.1) is 0 Å². The van der Waals surface area contributed by atoms with Crippen molar-refractivity contribution in [3.05, 3.63) is 29.8 Å². The highest BCUT2D eigenvalue weighted by Crippen LogP contribution is 2.41. The van der Waals surface area contributed by atoms with Gasteiger partial charge >= 0.3 is 0 Å². The van der Waals surface area contributed by atoms with Crippen LogP contribution >= 0.6 is 0 Å². The summed E-state index contributed by atoms with van der Waals surface area (Å²) < 4.78 is 5.58. The van der Waals surface area contributed by atoms with Gasteiger partial charge in [-0.25, -0.2) is 0 Å². The third kappa shape index (κ3) is 2.81. The van der Waals surface area contributed by atoms with Crippen molar-refractivity contribution in [2.45, 2.75) is 51.0 Å². The monoisotopic (exact) mass is 234 g/mol. The van der Waals surface area contributed by atoms with Crippen molar-refractivity contribution >= 4 is 0 Å². The molecule has 2 rings (SSSR count). The largest absolute Gasteiger partial charge is 0.494 e. The molecule has 0 saturated heterocycles. The standard InChI is InChI=1S/C15H22O2/c1-3-10-17-14-6-4-12(5-7-14)15(2)9-8-13(16)11-15/h4-7,13,16H,3,8-11H2,1-2H3. The highest BCUT2D eigenvalue weighted by atomic mass is 16.5. The predicted molar refractivity (Wildman–Crippen MR) is 69.4 cm³/mol. The highest BCUT2D eigenvalue weighted by molar-refractivity contribution is 5.33. The van der Waals surface area contributed by atoms with Crippen LogP contribution in [0.15, 0.2) is 24.3 Å². The molecule has 1 aliphatic carbocycles. The second-order valence-electron chi connectivity index (χ2n) is 5.33. The summed E-state index contributed by atoms with van der Waals surface area (Å²) in [5.74, 6) is 0.942. The Morgan fingerprint density at radius 3 is 2.59 bits per heavy atom. The zero-order valence-corrected chi connectivity index (χ0v) is 10.8. The first-order valence-corrected chi connectivity index (χ1v) is 6.55. The average molecular weight is 234 g/mol. The molecule has 1 aromatic carbocycles. The van der Waals surface area contributed by atoms with E-state index in [1.807, 2.05) is 12.1 Å². The summed E-state index contributed by atoms with van der Waals surface area (Å²) in [4.78, 5) is 0. The number of hydrogen-bond acceptors (Lipinski definition) is 2. The molecule has 0 bridgehead atoms. The topological polar surface area (TPSA) is 29.5 Å². The van der Waals surface area contributed by atoms with Gasteiger partial charge in [0.05, 0.1) is 12.7 Å². The highest BCUT2D eigenvalue weighted by Gasteiger charge is 2.35. The Morgan fingerprint density at radius 2 is 2.06 bits per heavy atom. The normalized spacial score (nSPS) is 28.3. The molecular formula is C15H22O2. The molecule has 1 fully saturated rings. The number of rotatable bonds is 4. The predicted octanol–water partition coefficient (Wildman–Crippen LogP) is 3.28. The molecule has 1 N–H and O–H groups in total. The lowest BCUT2D eigenvalue weighted by Crippen LogP contribution is -2.18. The third-order valence-corrected chi connectivity index (χ3v) is 3.74. The second kappa shape index (κ2) is 5.09. The van der Waals surface area contributed by atoms with E-state index < -0.39 is 0 Å². The maximum absolute atomic E-state index is 9.67. The molecule has 0 aromatic heterocycles. The van der Waals surface area contributed by atoms with E-state index in [2.05, 4.69) is 26.0 Å². The smallest absolute Gasteiger partial charge is 0.119 e. The fourth-order valence-electron chi connectivity index (χ4n) is 2.64. The van der Waals surface area contributed by atoms with Crippen molar-refractivity contribution in [3.8, 4) is 5.75 Å². The van der Waals surface area contributed by atoms with Crippen molar-refractivity contribution in [2.75, 3.05) is 6.61 Å². The molecule has 0 radical (unpaired) electrons. The van der Waals surface area contributed by atoms with Crippen LogP contribution in [-0.4, -0.2) is 17.8 Å². The number of aliphatic hydroxyl groups is 1. The summed E-state index contributed by atoms with van der Waals surface area (Å²) in [6, 6.07) is 8.37. The maximum atomic E-state index is 9.67. The molecule has 1 aromatic rings. The minimum absolute atomic E-state index is 0.129. The number of benzene rings is 1. The van der Waals surface area contributed by atoms with Crippen LogP contribution in [0.1, 0.15) is 45.1 Å². The van der Waals surface area contributed by atoms with Crippen LogP contribution in [0.3, 0.4) is 0 Å². The van der Waals surface area contributed by atoms with Crippen LogP contribution in [0.4, 0.5) is 0 Å². The van der Waals surface area contributed by atoms with Crippen molar-refractivity contribution in [1.29, 1.82) is 0 Å². The summed E-state index contributed by atoms with van der Waals surface area (Å²) >= 11 is 0. The maximum Gasteiger partial charge on any atom is 0.119 e. The van der Waals surface area contributed by atoms with Crippen LogP contribution in [0, 0.1) is 0 Å². The fourth-order valence-corrected chi connectivity index (χ4v) is 2.64. The van der Waals surface area contributed by atoms with Crippen molar-refractivity contribution in [1.82, 2.24) is 0 Å². The van der Waals surface area contributed by atoms with E-state index in [9.17, 15) is 5.11 Å². The second-order valence-corrected chi connectivity index (χ2v) is 5.33. The lowest BCUT2D eigenvalue weighted by molar-refractivity contribution is 0.175. The minimum Gasteiger partial charge on any atom is -0.494 e. The van der Waals surface area contributed by atoms with Gasteiger partial charge in [0.1, 0.15) is 5.75 Å². The molecule has 2 nitrogen and oxygen atoms in total. The van der Waals surface area contributed by atoms with Gasteiger partial charge in [-0.05, 0) is 48.8 Å². The Labute approximate surface area is 104 Å². The van der Waals surface area contributed by atoms with Gasteiger partial charge in [0, 0.05) is 0 Å². The van der Waals surface area contributed by atoms with Crippen LogP contribution in [0.2, 0.25) is 0 Å². The van der Waals surface area contributed by atoms with Crippen LogP contribution in [-0.2, 0) is 5.41 Å². The lowest BCUT2D eigenvalue weighted by atomic mass is 9.81. The van der Waals surface area contributed by atoms with E-state index >= 15 is 0 Å². The quantitative estimate of drug-likeness (QED) is 0.866. The summed E-state index contributed by atoms with van der Waals surface area (Å²) in [6.07, 6.45) is 3.78. The summed E-state index contributed by atoms with van der Waals surface area (Å²) in [5, 5.41) is 9.67. The Hall–Kier alpha value is -1.02. The lowest BCUT2D eigenvalue weighted by Gasteiger charge is -2.24. The Morgan fingerprint density at radius 1 is 1.35 bits per heavy atom. The number of aliphatic hydroxyl groups excluding tert-OH is 1. The molecule has 1 saturated carbocycles. The molecule has 0 amide bonds. The Bertz CT molecular complexity index is 358. The molecule has 94 valence electrons. The molecule has 0 heterocycles. The summed E-state index contributed by atoms with van der Waals surface area (Å²) in [5.41, 5.74) is 1.46. The number of hydrogen-bond donors (Lipinski definition) is 1. The molecular weight excluding hydrogens is 212 g/mol. The Balaban J connectivity index is 2.07. The van der Waals surface area contributed by atoms with E-state index in [-0.39, 0.29) is 11.5 Å². The van der Waals surface area contributed by atoms with Gasteiger partial charge in [-0.1, -0.05) is 26.0 Å². The van der Waals surface area contributed by atoms with Crippen molar-refractivity contribution in [2.24, 2.45) is 0 Å². The average Bonchev–Trinajstić information content (AvgIpc) is 2.68. The van der Waals surface area contributed by atoms with Crippen LogP contribution in [0.5, 0.6) is 5.75 Å². The van der Waals surface area contributed by atoms with E-state index in [1.54, 1.807) is 0 Å². The van der Waals surface area contributed by atoms with Gasteiger partial charge in [0.15, 0.2) is 0 Å². The first-order chi connectivity index (χ1) is 8.14. The van der Waals surface area contributed by atoms with Gasteiger partial charge in [0.2, 0.25) is 0 Å². The van der Waals surface area contributed by atoms with E-state index in [0.717, 1.165) is 38.0 Å². The van der Waals surface area contributed by atoms with Crippen LogP contribution < -0.4 is 4.74 Å². The van der Waals surface area contributed by atoms with Gasteiger partial charge in [-0.3, -0.25) is 0 Å².